The van der Waals surface area contributed by atoms with Crippen molar-refractivity contribution in [3.8, 4) is 5.69 Å². The van der Waals surface area contributed by atoms with Crippen LogP contribution in [0.2, 0.25) is 0 Å². The van der Waals surface area contributed by atoms with E-state index >= 15 is 0 Å². The van der Waals surface area contributed by atoms with E-state index in [0.717, 1.165) is 11.3 Å². The molecule has 30 heavy (non-hydrogen) atoms. The minimum atomic E-state index is -0.230. The normalized spacial score (nSPS) is 10.4. The molecule has 0 aliphatic heterocycles. The van der Waals surface area contributed by atoms with Crippen molar-refractivity contribution in [1.82, 2.24) is 14.9 Å². The van der Waals surface area contributed by atoms with Crippen LogP contribution in [-0.4, -0.2) is 21.4 Å². The SMILES string of the molecule is O=C(NCc1cccc(NC(=O)c2cccnc2)c1)c1ccc(-n2cccc2)cc1. The zero-order valence-corrected chi connectivity index (χ0v) is 16.2. The first-order chi connectivity index (χ1) is 14.7. The Morgan fingerprint density at radius 3 is 2.37 bits per heavy atom. The van der Waals surface area contributed by atoms with Crippen LogP contribution in [0.1, 0.15) is 26.3 Å². The average molecular weight is 396 g/mol. The van der Waals surface area contributed by atoms with Crippen molar-refractivity contribution in [2.75, 3.05) is 5.32 Å². The first-order valence-electron chi connectivity index (χ1n) is 9.51. The maximum atomic E-state index is 12.5. The van der Waals surface area contributed by atoms with Crippen LogP contribution in [0.15, 0.2) is 97.6 Å². The summed E-state index contributed by atoms with van der Waals surface area (Å²) in [6.07, 6.45) is 7.04. The second kappa shape index (κ2) is 8.87. The highest BCUT2D eigenvalue weighted by Crippen LogP contribution is 2.13. The fraction of sp³-hybridized carbons (Fsp3) is 0.0417. The van der Waals surface area contributed by atoms with E-state index in [0.29, 0.717) is 23.4 Å². The van der Waals surface area contributed by atoms with Gasteiger partial charge in [-0.1, -0.05) is 12.1 Å². The van der Waals surface area contributed by atoms with Crippen LogP contribution < -0.4 is 10.6 Å². The number of rotatable bonds is 6. The summed E-state index contributed by atoms with van der Waals surface area (Å²) >= 11 is 0. The van der Waals surface area contributed by atoms with Gasteiger partial charge in [0.05, 0.1) is 5.56 Å². The van der Waals surface area contributed by atoms with E-state index in [-0.39, 0.29) is 11.8 Å². The third-order valence-electron chi connectivity index (χ3n) is 4.59. The summed E-state index contributed by atoms with van der Waals surface area (Å²) in [4.78, 5) is 28.7. The van der Waals surface area contributed by atoms with Crippen LogP contribution in [0, 0.1) is 0 Å². The van der Waals surface area contributed by atoms with Gasteiger partial charge in [-0.25, -0.2) is 0 Å². The lowest BCUT2D eigenvalue weighted by molar-refractivity contribution is 0.0950. The third kappa shape index (κ3) is 4.62. The van der Waals surface area contributed by atoms with Crippen molar-refractivity contribution >= 4 is 17.5 Å². The van der Waals surface area contributed by atoms with Gasteiger partial charge in [-0.05, 0) is 66.2 Å². The zero-order valence-electron chi connectivity index (χ0n) is 16.2. The van der Waals surface area contributed by atoms with Crippen molar-refractivity contribution in [1.29, 1.82) is 0 Å². The number of nitrogens with zero attached hydrogens (tertiary/aromatic N) is 2. The molecule has 0 saturated carbocycles. The number of hydrogen-bond donors (Lipinski definition) is 2. The molecule has 2 N–H and O–H groups in total. The van der Waals surface area contributed by atoms with Crippen molar-refractivity contribution in [3.63, 3.8) is 0 Å². The Morgan fingerprint density at radius 1 is 0.833 bits per heavy atom. The standard InChI is InChI=1S/C24H20N4O2/c29-23(19-8-10-22(11-9-19)28-13-1-2-14-28)26-16-18-5-3-7-21(15-18)27-24(30)20-6-4-12-25-17-20/h1-15,17H,16H2,(H,26,29)(H,27,30). The van der Waals surface area contributed by atoms with Crippen LogP contribution in [-0.2, 0) is 6.54 Å². The van der Waals surface area contributed by atoms with Gasteiger partial charge in [0.15, 0.2) is 0 Å². The molecular formula is C24H20N4O2. The van der Waals surface area contributed by atoms with Crippen molar-refractivity contribution in [2.24, 2.45) is 0 Å². The van der Waals surface area contributed by atoms with Gasteiger partial charge in [-0.3, -0.25) is 14.6 Å². The summed E-state index contributed by atoms with van der Waals surface area (Å²) in [6, 6.07) is 22.1. The maximum Gasteiger partial charge on any atom is 0.257 e. The molecule has 2 aromatic carbocycles. The molecule has 148 valence electrons. The van der Waals surface area contributed by atoms with Crippen molar-refractivity contribution in [3.05, 3.63) is 114 Å². The van der Waals surface area contributed by atoms with E-state index in [1.54, 1.807) is 36.5 Å². The fourth-order valence-corrected chi connectivity index (χ4v) is 3.04. The van der Waals surface area contributed by atoms with E-state index in [9.17, 15) is 9.59 Å². The number of nitrogens with one attached hydrogen (secondary N) is 2. The van der Waals surface area contributed by atoms with Crippen LogP contribution in [0.3, 0.4) is 0 Å². The second-order valence-corrected chi connectivity index (χ2v) is 6.72. The Hall–Kier alpha value is -4.19. The topological polar surface area (TPSA) is 76.0 Å². The van der Waals surface area contributed by atoms with Gasteiger partial charge in [-0.15, -0.1) is 0 Å². The first-order valence-corrected chi connectivity index (χ1v) is 9.51. The number of aromatic nitrogens is 2. The number of pyridine rings is 1. The summed E-state index contributed by atoms with van der Waals surface area (Å²) in [6.45, 7) is 0.356. The Bertz CT molecular complexity index is 1140. The largest absolute Gasteiger partial charge is 0.348 e. The number of hydrogen-bond acceptors (Lipinski definition) is 3. The van der Waals surface area contributed by atoms with E-state index < -0.39 is 0 Å². The minimum Gasteiger partial charge on any atom is -0.348 e. The number of carbonyl (C=O) groups is 2. The van der Waals surface area contributed by atoms with Gasteiger partial charge in [-0.2, -0.15) is 0 Å². The third-order valence-corrected chi connectivity index (χ3v) is 4.59. The predicted molar refractivity (Wildman–Crippen MR) is 116 cm³/mol. The molecule has 0 unspecified atom stereocenters. The summed E-state index contributed by atoms with van der Waals surface area (Å²) in [5.41, 5.74) is 3.61. The molecule has 6 heteroatoms. The zero-order chi connectivity index (χ0) is 20.8. The van der Waals surface area contributed by atoms with Crippen LogP contribution in [0.5, 0.6) is 0 Å². The molecule has 0 aliphatic carbocycles. The molecule has 2 amide bonds. The minimum absolute atomic E-state index is 0.154. The van der Waals surface area contributed by atoms with Gasteiger partial charge in [0, 0.05) is 48.3 Å². The van der Waals surface area contributed by atoms with Gasteiger partial charge in [0.1, 0.15) is 0 Å². The number of carbonyl (C=O) groups excluding carboxylic acids is 2. The number of anilines is 1. The van der Waals surface area contributed by atoms with Gasteiger partial charge >= 0.3 is 0 Å². The maximum absolute atomic E-state index is 12.5. The van der Waals surface area contributed by atoms with E-state index in [4.69, 9.17) is 0 Å². The fourth-order valence-electron chi connectivity index (χ4n) is 3.04. The van der Waals surface area contributed by atoms with Crippen molar-refractivity contribution in [2.45, 2.75) is 6.54 Å². The van der Waals surface area contributed by atoms with Crippen LogP contribution in [0.4, 0.5) is 5.69 Å². The summed E-state index contributed by atoms with van der Waals surface area (Å²) in [7, 11) is 0. The smallest absolute Gasteiger partial charge is 0.257 e. The Balaban J connectivity index is 1.36. The lowest BCUT2D eigenvalue weighted by atomic mass is 10.1. The van der Waals surface area contributed by atoms with Gasteiger partial charge in [0.2, 0.25) is 0 Å². The highest BCUT2D eigenvalue weighted by Gasteiger charge is 2.08. The summed E-state index contributed by atoms with van der Waals surface area (Å²) in [5, 5.41) is 5.76. The lowest BCUT2D eigenvalue weighted by Crippen LogP contribution is -2.22. The highest BCUT2D eigenvalue weighted by atomic mass is 16.2. The first kappa shape index (κ1) is 19.1. The lowest BCUT2D eigenvalue weighted by Gasteiger charge is -2.09. The van der Waals surface area contributed by atoms with Gasteiger partial charge < -0.3 is 15.2 Å². The van der Waals surface area contributed by atoms with E-state index in [1.165, 1.54) is 6.20 Å². The molecule has 0 spiro atoms. The Kier molecular flexibility index (Phi) is 5.66. The molecule has 0 fully saturated rings. The monoisotopic (exact) mass is 396 g/mol. The summed E-state index contributed by atoms with van der Waals surface area (Å²) < 4.78 is 1.98. The molecule has 0 aliphatic rings. The van der Waals surface area contributed by atoms with Crippen LogP contribution >= 0.6 is 0 Å². The molecule has 0 radical (unpaired) electrons. The molecule has 0 bridgehead atoms. The number of amides is 2. The molecule has 2 aromatic heterocycles. The Morgan fingerprint density at radius 2 is 1.63 bits per heavy atom. The molecular weight excluding hydrogens is 376 g/mol. The quantitative estimate of drug-likeness (QED) is 0.516. The molecule has 6 nitrogen and oxygen atoms in total. The Labute approximate surface area is 174 Å². The number of benzene rings is 2. The highest BCUT2D eigenvalue weighted by molar-refractivity contribution is 6.04. The van der Waals surface area contributed by atoms with Crippen molar-refractivity contribution < 1.29 is 9.59 Å². The van der Waals surface area contributed by atoms with Crippen LogP contribution in [0.25, 0.3) is 5.69 Å². The molecule has 2 heterocycles. The van der Waals surface area contributed by atoms with E-state index in [1.807, 2.05) is 59.4 Å². The van der Waals surface area contributed by atoms with E-state index in [2.05, 4.69) is 15.6 Å². The summed E-state index contributed by atoms with van der Waals surface area (Å²) in [5.74, 6) is -0.383. The average Bonchev–Trinajstić information content (AvgIpc) is 3.33. The van der Waals surface area contributed by atoms with Gasteiger partial charge in [0.25, 0.3) is 11.8 Å². The molecule has 4 rings (SSSR count). The predicted octanol–water partition coefficient (Wildman–Crippen LogP) is 4.05. The molecule has 4 aromatic rings. The molecule has 0 atom stereocenters. The molecule has 0 saturated heterocycles. The second-order valence-electron chi connectivity index (χ2n) is 6.72.